The Kier molecular flexibility index (Phi) is 4.21. The number of hydrogen-bond donors (Lipinski definition) is 1. The van der Waals surface area contributed by atoms with E-state index in [1.54, 1.807) is 0 Å². The molecular formula is C15H22F2N2. The number of rotatable bonds is 2. The van der Waals surface area contributed by atoms with Crippen molar-refractivity contribution < 1.29 is 8.78 Å². The highest BCUT2D eigenvalue weighted by Gasteiger charge is 2.29. The highest BCUT2D eigenvalue weighted by Crippen LogP contribution is 2.22. The Labute approximate surface area is 113 Å². The number of hydrogen-bond acceptors (Lipinski definition) is 2. The van der Waals surface area contributed by atoms with Gasteiger partial charge in [-0.3, -0.25) is 4.90 Å². The van der Waals surface area contributed by atoms with Crippen LogP contribution in [0.1, 0.15) is 26.3 Å². The van der Waals surface area contributed by atoms with Crippen molar-refractivity contribution in [2.24, 2.45) is 5.41 Å². The van der Waals surface area contributed by atoms with E-state index < -0.39 is 11.6 Å². The molecule has 0 aliphatic carbocycles. The van der Waals surface area contributed by atoms with E-state index in [4.69, 9.17) is 0 Å². The van der Waals surface area contributed by atoms with Crippen LogP contribution in [-0.4, -0.2) is 30.6 Å². The normalized spacial score (nSPS) is 21.6. The highest BCUT2D eigenvalue weighted by atomic mass is 19.1. The number of nitrogens with zero attached hydrogens (tertiary/aromatic N) is 1. The van der Waals surface area contributed by atoms with Crippen LogP contribution in [0.2, 0.25) is 0 Å². The average molecular weight is 268 g/mol. The monoisotopic (exact) mass is 268 g/mol. The summed E-state index contributed by atoms with van der Waals surface area (Å²) in [6.45, 7) is 9.94. The first kappa shape index (κ1) is 14.4. The predicted molar refractivity (Wildman–Crippen MR) is 72.9 cm³/mol. The van der Waals surface area contributed by atoms with E-state index in [0.717, 1.165) is 25.7 Å². The Bertz CT molecular complexity index is 420. The Hall–Kier alpha value is -1.00. The summed E-state index contributed by atoms with van der Waals surface area (Å²) in [6.07, 6.45) is 0. The summed E-state index contributed by atoms with van der Waals surface area (Å²) < 4.78 is 26.4. The Morgan fingerprint density at radius 1 is 1.21 bits per heavy atom. The van der Waals surface area contributed by atoms with Gasteiger partial charge in [-0.15, -0.1) is 0 Å². The second-order valence-electron chi connectivity index (χ2n) is 6.39. The van der Waals surface area contributed by atoms with Crippen LogP contribution >= 0.6 is 0 Å². The fourth-order valence-electron chi connectivity index (χ4n) is 2.50. The first-order chi connectivity index (χ1) is 8.84. The lowest BCUT2D eigenvalue weighted by molar-refractivity contribution is 0.129. The highest BCUT2D eigenvalue weighted by molar-refractivity contribution is 5.18. The van der Waals surface area contributed by atoms with Crippen molar-refractivity contribution in [3.05, 3.63) is 35.4 Å². The van der Waals surface area contributed by atoms with Gasteiger partial charge in [-0.05, 0) is 23.1 Å². The zero-order chi connectivity index (χ0) is 14.0. The van der Waals surface area contributed by atoms with Gasteiger partial charge >= 0.3 is 0 Å². The maximum atomic E-state index is 13.2. The lowest BCUT2D eigenvalue weighted by Crippen LogP contribution is -2.55. The number of halogens is 2. The predicted octanol–water partition coefficient (Wildman–Crippen LogP) is 2.78. The fraction of sp³-hybridized carbons (Fsp3) is 0.600. The fourth-order valence-corrected chi connectivity index (χ4v) is 2.50. The molecule has 0 aromatic heterocycles. The summed E-state index contributed by atoms with van der Waals surface area (Å²) in [5.41, 5.74) is 0.887. The largest absolute Gasteiger partial charge is 0.311 e. The minimum Gasteiger partial charge on any atom is -0.311 e. The minimum atomic E-state index is -0.502. The molecule has 0 radical (unpaired) electrons. The van der Waals surface area contributed by atoms with Crippen molar-refractivity contribution in [3.63, 3.8) is 0 Å². The second kappa shape index (κ2) is 5.55. The van der Waals surface area contributed by atoms with Crippen LogP contribution in [0.3, 0.4) is 0 Å². The molecule has 0 saturated carbocycles. The molecule has 1 aromatic carbocycles. The van der Waals surface area contributed by atoms with Crippen LogP contribution in [0.25, 0.3) is 0 Å². The summed E-state index contributed by atoms with van der Waals surface area (Å²) in [5, 5.41) is 3.51. The van der Waals surface area contributed by atoms with E-state index in [0.29, 0.717) is 18.2 Å². The van der Waals surface area contributed by atoms with Gasteiger partial charge in [-0.25, -0.2) is 8.78 Å². The van der Waals surface area contributed by atoms with Crippen LogP contribution in [0.4, 0.5) is 8.78 Å². The lowest BCUT2D eigenvalue weighted by atomic mass is 9.85. The van der Waals surface area contributed by atoms with Crippen LogP contribution in [0.15, 0.2) is 18.2 Å². The summed E-state index contributed by atoms with van der Waals surface area (Å²) in [4.78, 5) is 2.25. The molecule has 0 spiro atoms. The molecule has 106 valence electrons. The van der Waals surface area contributed by atoms with Crippen LogP contribution in [-0.2, 0) is 6.54 Å². The summed E-state index contributed by atoms with van der Waals surface area (Å²) in [5.74, 6) is -1.00. The quantitative estimate of drug-likeness (QED) is 0.887. The molecule has 4 heteroatoms. The standard InChI is InChI=1S/C15H22F2N2/c1-15(2,3)14-10-19(5-4-18-14)9-11-6-12(16)8-13(17)7-11/h6-8,14,18H,4-5,9-10H2,1-3H3. The van der Waals surface area contributed by atoms with Gasteiger partial charge in [0, 0.05) is 38.3 Å². The van der Waals surface area contributed by atoms with Crippen molar-refractivity contribution >= 4 is 0 Å². The van der Waals surface area contributed by atoms with E-state index in [2.05, 4.69) is 31.0 Å². The van der Waals surface area contributed by atoms with Crippen molar-refractivity contribution in [1.29, 1.82) is 0 Å². The van der Waals surface area contributed by atoms with Gasteiger partial charge in [-0.1, -0.05) is 20.8 Å². The van der Waals surface area contributed by atoms with Crippen LogP contribution < -0.4 is 5.32 Å². The Morgan fingerprint density at radius 3 is 2.42 bits per heavy atom. The van der Waals surface area contributed by atoms with Gasteiger partial charge < -0.3 is 5.32 Å². The zero-order valence-corrected chi connectivity index (χ0v) is 11.8. The summed E-state index contributed by atoms with van der Waals surface area (Å²) >= 11 is 0. The third-order valence-electron chi connectivity index (χ3n) is 3.63. The van der Waals surface area contributed by atoms with Gasteiger partial charge in [0.25, 0.3) is 0 Å². The van der Waals surface area contributed by atoms with Crippen LogP contribution in [0.5, 0.6) is 0 Å². The molecule has 1 fully saturated rings. The molecule has 1 atom stereocenters. The molecule has 0 amide bonds. The molecule has 1 N–H and O–H groups in total. The summed E-state index contributed by atoms with van der Waals surface area (Å²) in [7, 11) is 0. The van der Waals surface area contributed by atoms with Crippen molar-refractivity contribution in [2.75, 3.05) is 19.6 Å². The van der Waals surface area contributed by atoms with Crippen LogP contribution in [0, 0.1) is 17.0 Å². The molecule has 1 aromatic rings. The zero-order valence-electron chi connectivity index (χ0n) is 11.8. The molecule has 1 saturated heterocycles. The minimum absolute atomic E-state index is 0.186. The van der Waals surface area contributed by atoms with Crippen molar-refractivity contribution in [2.45, 2.75) is 33.4 Å². The molecule has 2 nitrogen and oxygen atoms in total. The molecule has 1 heterocycles. The average Bonchev–Trinajstić information content (AvgIpc) is 2.26. The number of nitrogens with one attached hydrogen (secondary N) is 1. The third kappa shape index (κ3) is 3.98. The SMILES string of the molecule is CC(C)(C)C1CN(Cc2cc(F)cc(F)c2)CCN1. The van der Waals surface area contributed by atoms with Gasteiger partial charge in [0.15, 0.2) is 0 Å². The van der Waals surface area contributed by atoms with Gasteiger partial charge in [0.2, 0.25) is 0 Å². The lowest BCUT2D eigenvalue weighted by Gasteiger charge is -2.40. The maximum absolute atomic E-state index is 13.2. The molecular weight excluding hydrogens is 246 g/mol. The molecule has 1 aliphatic heterocycles. The third-order valence-corrected chi connectivity index (χ3v) is 3.63. The maximum Gasteiger partial charge on any atom is 0.126 e. The number of piperazine rings is 1. The van der Waals surface area contributed by atoms with Crippen molar-refractivity contribution in [3.8, 4) is 0 Å². The molecule has 1 unspecified atom stereocenters. The summed E-state index contributed by atoms with van der Waals surface area (Å²) in [6, 6.07) is 4.15. The van der Waals surface area contributed by atoms with E-state index in [-0.39, 0.29) is 5.41 Å². The van der Waals surface area contributed by atoms with E-state index >= 15 is 0 Å². The first-order valence-corrected chi connectivity index (χ1v) is 6.75. The molecule has 0 bridgehead atoms. The second-order valence-corrected chi connectivity index (χ2v) is 6.39. The number of benzene rings is 1. The molecule has 1 aliphatic rings. The van der Waals surface area contributed by atoms with Gasteiger partial charge in [0.1, 0.15) is 11.6 Å². The Morgan fingerprint density at radius 2 is 1.84 bits per heavy atom. The van der Waals surface area contributed by atoms with Crippen molar-refractivity contribution in [1.82, 2.24) is 10.2 Å². The first-order valence-electron chi connectivity index (χ1n) is 6.75. The smallest absolute Gasteiger partial charge is 0.126 e. The molecule has 2 rings (SSSR count). The Balaban J connectivity index is 2.02. The van der Waals surface area contributed by atoms with Gasteiger partial charge in [0.05, 0.1) is 0 Å². The van der Waals surface area contributed by atoms with E-state index in [1.165, 1.54) is 12.1 Å². The van der Waals surface area contributed by atoms with E-state index in [9.17, 15) is 8.78 Å². The van der Waals surface area contributed by atoms with Gasteiger partial charge in [-0.2, -0.15) is 0 Å². The molecule has 19 heavy (non-hydrogen) atoms. The topological polar surface area (TPSA) is 15.3 Å². The van der Waals surface area contributed by atoms with E-state index in [1.807, 2.05) is 0 Å².